The van der Waals surface area contributed by atoms with Crippen molar-refractivity contribution in [3.63, 3.8) is 0 Å². The molecular formula is C15H11N2O3S-. The molecular weight excluding hydrogens is 288 g/mol. The summed E-state index contributed by atoms with van der Waals surface area (Å²) in [5, 5.41) is 13.3. The van der Waals surface area contributed by atoms with Gasteiger partial charge < -0.3 is 9.90 Å². The predicted octanol–water partition coefficient (Wildman–Crippen LogP) is 1.44. The molecule has 0 unspecified atom stereocenters. The van der Waals surface area contributed by atoms with Gasteiger partial charge in [0, 0.05) is 10.9 Å². The summed E-state index contributed by atoms with van der Waals surface area (Å²) >= 11 is 1.36. The average molecular weight is 299 g/mol. The van der Waals surface area contributed by atoms with Gasteiger partial charge in [0.1, 0.15) is 4.83 Å². The molecule has 0 aliphatic rings. The maximum Gasteiger partial charge on any atom is 0.263 e. The average Bonchev–Trinajstić information content (AvgIpc) is 2.92. The van der Waals surface area contributed by atoms with Crippen LogP contribution < -0.4 is 10.7 Å². The lowest BCUT2D eigenvalue weighted by Crippen LogP contribution is -2.36. The monoisotopic (exact) mass is 299 g/mol. The number of carbonyl (C=O) groups excluding carboxylic acids is 1. The Kier molecular flexibility index (Phi) is 3.31. The Morgan fingerprint density at radius 2 is 2.05 bits per heavy atom. The number of thiophene rings is 1. The van der Waals surface area contributed by atoms with E-state index >= 15 is 0 Å². The molecule has 0 N–H and O–H groups in total. The molecule has 0 radical (unpaired) electrons. The standard InChI is InChI=1S/C15H12N2O3S/c1-9(15(19)20)17-8-16-13-12(14(17)18)11(7-21-13)10-5-3-2-4-6-10/h2-9H,1H3,(H,19,20)/p-1/t9-/m0/s1. The third-order valence-corrected chi connectivity index (χ3v) is 4.25. The van der Waals surface area contributed by atoms with Gasteiger partial charge in [0.2, 0.25) is 0 Å². The number of aromatic nitrogens is 2. The maximum absolute atomic E-state index is 12.6. The first kappa shape index (κ1) is 13.5. The fraction of sp³-hybridized carbons (Fsp3) is 0.133. The summed E-state index contributed by atoms with van der Waals surface area (Å²) < 4.78 is 1.09. The molecule has 2 aromatic heterocycles. The fourth-order valence-electron chi connectivity index (χ4n) is 2.17. The summed E-state index contributed by atoms with van der Waals surface area (Å²) in [5.41, 5.74) is 1.31. The minimum absolute atomic E-state index is 0.364. The zero-order valence-electron chi connectivity index (χ0n) is 11.1. The normalized spacial score (nSPS) is 12.4. The van der Waals surface area contributed by atoms with Crippen LogP contribution in [0.4, 0.5) is 0 Å². The lowest BCUT2D eigenvalue weighted by atomic mass is 10.1. The molecule has 106 valence electrons. The molecule has 1 aromatic carbocycles. The van der Waals surface area contributed by atoms with E-state index in [1.807, 2.05) is 35.7 Å². The van der Waals surface area contributed by atoms with Gasteiger partial charge >= 0.3 is 0 Å². The maximum atomic E-state index is 12.6. The van der Waals surface area contributed by atoms with Crippen molar-refractivity contribution in [3.05, 3.63) is 52.4 Å². The van der Waals surface area contributed by atoms with Gasteiger partial charge in [-0.25, -0.2) is 4.98 Å². The summed E-state index contributed by atoms with van der Waals surface area (Å²) in [7, 11) is 0. The van der Waals surface area contributed by atoms with E-state index in [-0.39, 0.29) is 5.56 Å². The van der Waals surface area contributed by atoms with Gasteiger partial charge in [-0.15, -0.1) is 11.3 Å². The van der Waals surface area contributed by atoms with Crippen LogP contribution >= 0.6 is 11.3 Å². The van der Waals surface area contributed by atoms with Crippen molar-refractivity contribution < 1.29 is 9.90 Å². The zero-order valence-corrected chi connectivity index (χ0v) is 12.0. The van der Waals surface area contributed by atoms with Crippen LogP contribution in [0.25, 0.3) is 21.3 Å². The van der Waals surface area contributed by atoms with Crippen LogP contribution in [-0.2, 0) is 4.79 Å². The van der Waals surface area contributed by atoms with Gasteiger partial charge in [0.15, 0.2) is 0 Å². The summed E-state index contributed by atoms with van der Waals surface area (Å²) in [4.78, 5) is 28.3. The third kappa shape index (κ3) is 2.23. The molecule has 0 saturated heterocycles. The fourth-order valence-corrected chi connectivity index (χ4v) is 3.07. The van der Waals surface area contributed by atoms with Crippen molar-refractivity contribution in [2.45, 2.75) is 13.0 Å². The van der Waals surface area contributed by atoms with Crippen LogP contribution in [0.1, 0.15) is 13.0 Å². The van der Waals surface area contributed by atoms with Crippen molar-refractivity contribution in [1.29, 1.82) is 0 Å². The number of carbonyl (C=O) groups is 1. The lowest BCUT2D eigenvalue weighted by molar-refractivity contribution is -0.309. The molecule has 0 spiro atoms. The predicted molar refractivity (Wildman–Crippen MR) is 79.0 cm³/mol. The molecule has 0 aliphatic heterocycles. The Morgan fingerprint density at radius 3 is 2.71 bits per heavy atom. The number of rotatable bonds is 3. The van der Waals surface area contributed by atoms with E-state index in [1.165, 1.54) is 24.6 Å². The van der Waals surface area contributed by atoms with Crippen molar-refractivity contribution in [2.24, 2.45) is 0 Å². The number of carboxylic acids is 1. The van der Waals surface area contributed by atoms with Crippen LogP contribution in [-0.4, -0.2) is 15.5 Å². The number of aliphatic carboxylic acids is 1. The first-order valence-electron chi connectivity index (χ1n) is 6.34. The number of hydrogen-bond donors (Lipinski definition) is 0. The first-order valence-corrected chi connectivity index (χ1v) is 7.22. The zero-order chi connectivity index (χ0) is 15.0. The van der Waals surface area contributed by atoms with E-state index in [1.54, 1.807) is 0 Å². The highest BCUT2D eigenvalue weighted by atomic mass is 32.1. The minimum Gasteiger partial charge on any atom is -0.548 e. The van der Waals surface area contributed by atoms with Crippen molar-refractivity contribution in [3.8, 4) is 11.1 Å². The molecule has 5 nitrogen and oxygen atoms in total. The van der Waals surface area contributed by atoms with E-state index in [4.69, 9.17) is 0 Å². The summed E-state index contributed by atoms with van der Waals surface area (Å²) in [5.74, 6) is -1.31. The summed E-state index contributed by atoms with van der Waals surface area (Å²) in [6, 6.07) is 8.42. The van der Waals surface area contributed by atoms with E-state index in [9.17, 15) is 14.7 Å². The van der Waals surface area contributed by atoms with Crippen LogP contribution in [0.2, 0.25) is 0 Å². The van der Waals surface area contributed by atoms with Crippen LogP contribution in [0.5, 0.6) is 0 Å². The lowest BCUT2D eigenvalue weighted by Gasteiger charge is -2.15. The van der Waals surface area contributed by atoms with Crippen molar-refractivity contribution in [1.82, 2.24) is 9.55 Å². The van der Waals surface area contributed by atoms with Crippen LogP contribution in [0, 0.1) is 0 Å². The van der Waals surface area contributed by atoms with Gasteiger partial charge in [-0.05, 0) is 12.5 Å². The molecule has 0 aliphatic carbocycles. The van der Waals surface area contributed by atoms with E-state index in [2.05, 4.69) is 4.98 Å². The van der Waals surface area contributed by atoms with Gasteiger partial charge in [-0.2, -0.15) is 0 Å². The second-order valence-corrected chi connectivity index (χ2v) is 5.51. The highest BCUT2D eigenvalue weighted by Crippen LogP contribution is 2.30. The van der Waals surface area contributed by atoms with Gasteiger partial charge in [0.25, 0.3) is 5.56 Å². The van der Waals surface area contributed by atoms with Crippen LogP contribution in [0.15, 0.2) is 46.8 Å². The Bertz CT molecular complexity index is 868. The SMILES string of the molecule is C[C@@H](C(=O)[O-])n1cnc2scc(-c3ccccc3)c2c1=O. The molecule has 2 heterocycles. The number of carboxylic acid groups (broad SMARTS) is 1. The number of benzene rings is 1. The van der Waals surface area contributed by atoms with Gasteiger partial charge in [0.05, 0.1) is 23.7 Å². The molecule has 0 saturated carbocycles. The Hall–Kier alpha value is -2.47. The topological polar surface area (TPSA) is 75.0 Å². The third-order valence-electron chi connectivity index (χ3n) is 3.36. The molecule has 0 amide bonds. The smallest absolute Gasteiger partial charge is 0.263 e. The highest BCUT2D eigenvalue weighted by molar-refractivity contribution is 7.17. The second-order valence-electron chi connectivity index (χ2n) is 4.65. The molecule has 0 fully saturated rings. The molecule has 3 aromatic rings. The number of nitrogens with zero attached hydrogens (tertiary/aromatic N) is 2. The van der Waals surface area contributed by atoms with E-state index < -0.39 is 12.0 Å². The number of fused-ring (bicyclic) bond motifs is 1. The largest absolute Gasteiger partial charge is 0.548 e. The molecule has 21 heavy (non-hydrogen) atoms. The molecule has 0 bridgehead atoms. The Morgan fingerprint density at radius 1 is 1.33 bits per heavy atom. The van der Waals surface area contributed by atoms with E-state index in [0.29, 0.717) is 10.2 Å². The van der Waals surface area contributed by atoms with Crippen molar-refractivity contribution >= 4 is 27.5 Å². The molecule has 1 atom stereocenters. The van der Waals surface area contributed by atoms with E-state index in [0.717, 1.165) is 15.7 Å². The Balaban J connectivity index is 2.28. The van der Waals surface area contributed by atoms with Crippen molar-refractivity contribution in [2.75, 3.05) is 0 Å². The van der Waals surface area contributed by atoms with Gasteiger partial charge in [-0.3, -0.25) is 9.36 Å². The van der Waals surface area contributed by atoms with Gasteiger partial charge in [-0.1, -0.05) is 30.3 Å². The first-order chi connectivity index (χ1) is 10.1. The Labute approximate surface area is 124 Å². The van der Waals surface area contributed by atoms with Crippen LogP contribution in [0.3, 0.4) is 0 Å². The highest BCUT2D eigenvalue weighted by Gasteiger charge is 2.16. The molecule has 3 rings (SSSR count). The second kappa shape index (κ2) is 5.14. The summed E-state index contributed by atoms with van der Waals surface area (Å²) in [6.45, 7) is 1.40. The molecule has 6 heteroatoms. The number of hydrogen-bond acceptors (Lipinski definition) is 5. The summed E-state index contributed by atoms with van der Waals surface area (Å²) in [6.07, 6.45) is 1.26. The minimum atomic E-state index is -1.31. The quantitative estimate of drug-likeness (QED) is 0.733.